The SMILES string of the molecule is Cn1c(-c2ccccc2C(F)(F)F)nnc1C12CCC(c3ncon3)(CC1)CC2. The largest absolute Gasteiger partial charge is 0.417 e. The van der Waals surface area contributed by atoms with Crippen LogP contribution in [0.5, 0.6) is 0 Å². The predicted octanol–water partition coefficient (Wildman–Crippen LogP) is 4.43. The van der Waals surface area contributed by atoms with Gasteiger partial charge in [0.25, 0.3) is 0 Å². The molecule has 3 aliphatic carbocycles. The minimum atomic E-state index is -4.44. The summed E-state index contributed by atoms with van der Waals surface area (Å²) in [5, 5.41) is 12.6. The molecule has 3 aliphatic rings. The average Bonchev–Trinajstić information content (AvgIpc) is 3.39. The van der Waals surface area contributed by atoms with Gasteiger partial charge in [-0.25, -0.2) is 0 Å². The minimum Gasteiger partial charge on any atom is -0.343 e. The summed E-state index contributed by atoms with van der Waals surface area (Å²) in [5.74, 6) is 1.79. The van der Waals surface area contributed by atoms with Crippen LogP contribution in [0.2, 0.25) is 0 Å². The molecule has 2 aromatic heterocycles. The Bertz CT molecular complexity index is 1020. The Kier molecular flexibility index (Phi) is 3.88. The van der Waals surface area contributed by atoms with Crippen LogP contribution in [0.4, 0.5) is 13.2 Å². The van der Waals surface area contributed by atoms with Gasteiger partial charge in [0, 0.05) is 23.4 Å². The summed E-state index contributed by atoms with van der Waals surface area (Å²) in [6.07, 6.45) is 2.31. The molecule has 3 saturated carbocycles. The topological polar surface area (TPSA) is 69.6 Å². The van der Waals surface area contributed by atoms with E-state index in [-0.39, 0.29) is 22.2 Å². The monoisotopic (exact) mass is 403 g/mol. The highest BCUT2D eigenvalue weighted by molar-refractivity contribution is 5.61. The highest BCUT2D eigenvalue weighted by atomic mass is 19.4. The van der Waals surface area contributed by atoms with Crippen molar-refractivity contribution >= 4 is 0 Å². The van der Waals surface area contributed by atoms with Crippen molar-refractivity contribution in [3.63, 3.8) is 0 Å². The zero-order valence-corrected chi connectivity index (χ0v) is 15.9. The van der Waals surface area contributed by atoms with Gasteiger partial charge in [0.1, 0.15) is 5.82 Å². The summed E-state index contributed by atoms with van der Waals surface area (Å²) in [6.45, 7) is 0. The van der Waals surface area contributed by atoms with Gasteiger partial charge in [-0.1, -0.05) is 23.4 Å². The molecule has 6 rings (SSSR count). The molecule has 9 heteroatoms. The van der Waals surface area contributed by atoms with E-state index in [1.54, 1.807) is 17.7 Å². The Morgan fingerprint density at radius 1 is 0.966 bits per heavy atom. The fraction of sp³-hybridized carbons (Fsp3) is 0.500. The van der Waals surface area contributed by atoms with Crippen molar-refractivity contribution in [3.8, 4) is 11.4 Å². The van der Waals surface area contributed by atoms with Crippen LogP contribution in [0.15, 0.2) is 35.2 Å². The molecular weight excluding hydrogens is 383 g/mol. The molecule has 3 fully saturated rings. The molecule has 2 bridgehead atoms. The van der Waals surface area contributed by atoms with Crippen LogP contribution in [0.25, 0.3) is 11.4 Å². The highest BCUT2D eigenvalue weighted by Crippen LogP contribution is 2.57. The van der Waals surface area contributed by atoms with Crippen LogP contribution in [-0.2, 0) is 24.1 Å². The van der Waals surface area contributed by atoms with Gasteiger partial charge in [-0.15, -0.1) is 10.2 Å². The van der Waals surface area contributed by atoms with Gasteiger partial charge < -0.3 is 9.09 Å². The standard InChI is InChI=1S/C20H20F3N5O/c1-28-15(13-4-2-3-5-14(13)20(21,22)23)25-26-17(28)19-9-6-18(7-10-19,8-11-19)16-24-12-29-27-16/h2-5,12H,6-11H2,1H3. The second-order valence-electron chi connectivity index (χ2n) is 8.27. The Balaban J connectivity index is 1.50. The highest BCUT2D eigenvalue weighted by Gasteiger charge is 2.54. The smallest absolute Gasteiger partial charge is 0.343 e. The lowest BCUT2D eigenvalue weighted by Gasteiger charge is -2.51. The molecule has 1 aromatic carbocycles. The first kappa shape index (κ1) is 18.3. The molecule has 0 saturated heterocycles. The summed E-state index contributed by atoms with van der Waals surface area (Å²) >= 11 is 0. The molecular formula is C20H20F3N5O. The number of nitrogens with zero attached hydrogens (tertiary/aromatic N) is 5. The van der Waals surface area contributed by atoms with Crippen molar-refractivity contribution in [1.82, 2.24) is 24.9 Å². The fourth-order valence-electron chi connectivity index (χ4n) is 5.21. The van der Waals surface area contributed by atoms with E-state index >= 15 is 0 Å². The molecule has 6 nitrogen and oxygen atoms in total. The molecule has 0 atom stereocenters. The lowest BCUT2D eigenvalue weighted by Crippen LogP contribution is -2.48. The molecule has 29 heavy (non-hydrogen) atoms. The Morgan fingerprint density at radius 2 is 1.62 bits per heavy atom. The van der Waals surface area contributed by atoms with Crippen molar-refractivity contribution in [2.75, 3.05) is 0 Å². The first-order valence-electron chi connectivity index (χ1n) is 9.68. The van der Waals surface area contributed by atoms with Gasteiger partial charge in [0.2, 0.25) is 6.39 Å². The van der Waals surface area contributed by atoms with Crippen molar-refractivity contribution < 1.29 is 17.7 Å². The second kappa shape index (κ2) is 6.14. The Labute approximate surface area is 165 Å². The third-order valence-corrected chi connectivity index (χ3v) is 6.90. The Hall–Kier alpha value is -2.71. The molecule has 0 aliphatic heterocycles. The van der Waals surface area contributed by atoms with E-state index in [2.05, 4.69) is 20.3 Å². The van der Waals surface area contributed by atoms with Crippen LogP contribution in [0.1, 0.15) is 55.7 Å². The van der Waals surface area contributed by atoms with Gasteiger partial charge >= 0.3 is 6.18 Å². The number of hydrogen-bond donors (Lipinski definition) is 0. The summed E-state index contributed by atoms with van der Waals surface area (Å²) in [6, 6.07) is 5.53. The maximum Gasteiger partial charge on any atom is 0.417 e. The van der Waals surface area contributed by atoms with Crippen molar-refractivity contribution in [1.29, 1.82) is 0 Å². The van der Waals surface area contributed by atoms with Crippen molar-refractivity contribution in [3.05, 3.63) is 47.9 Å². The maximum atomic E-state index is 13.5. The maximum absolute atomic E-state index is 13.5. The summed E-state index contributed by atoms with van der Waals surface area (Å²) < 4.78 is 47.1. The van der Waals surface area contributed by atoms with Gasteiger partial charge in [-0.2, -0.15) is 18.2 Å². The van der Waals surface area contributed by atoms with Gasteiger partial charge in [-0.3, -0.25) is 0 Å². The fourth-order valence-corrected chi connectivity index (χ4v) is 5.21. The summed E-state index contributed by atoms with van der Waals surface area (Å²) in [7, 11) is 1.77. The van der Waals surface area contributed by atoms with E-state index in [0.29, 0.717) is 0 Å². The summed E-state index contributed by atoms with van der Waals surface area (Å²) in [4.78, 5) is 4.28. The van der Waals surface area contributed by atoms with Crippen LogP contribution < -0.4 is 0 Å². The number of halogens is 3. The van der Waals surface area contributed by atoms with E-state index in [0.717, 1.165) is 56.2 Å². The lowest BCUT2D eigenvalue weighted by molar-refractivity contribution is -0.137. The minimum absolute atomic E-state index is 0.0565. The van der Waals surface area contributed by atoms with Crippen molar-refractivity contribution in [2.24, 2.45) is 7.05 Å². The lowest BCUT2D eigenvalue weighted by atomic mass is 9.53. The predicted molar refractivity (Wildman–Crippen MR) is 96.8 cm³/mol. The first-order valence-corrected chi connectivity index (χ1v) is 9.68. The van der Waals surface area contributed by atoms with Crippen LogP contribution in [0, 0.1) is 0 Å². The first-order chi connectivity index (χ1) is 13.8. The molecule has 3 aromatic rings. The third-order valence-electron chi connectivity index (χ3n) is 6.90. The molecule has 0 unspecified atom stereocenters. The zero-order valence-electron chi connectivity index (χ0n) is 15.9. The molecule has 0 spiro atoms. The molecule has 152 valence electrons. The normalized spacial score (nSPS) is 26.8. The number of fused-ring (bicyclic) bond motifs is 3. The van der Waals surface area contributed by atoms with E-state index in [1.807, 2.05) is 0 Å². The van der Waals surface area contributed by atoms with Gasteiger partial charge in [0.15, 0.2) is 11.6 Å². The van der Waals surface area contributed by atoms with Gasteiger partial charge in [-0.05, 0) is 44.6 Å². The molecule has 2 heterocycles. The quantitative estimate of drug-likeness (QED) is 0.647. The number of benzene rings is 1. The third kappa shape index (κ3) is 2.70. The van der Waals surface area contributed by atoms with Crippen LogP contribution >= 0.6 is 0 Å². The number of hydrogen-bond acceptors (Lipinski definition) is 5. The Morgan fingerprint density at radius 3 is 2.24 bits per heavy atom. The van der Waals surface area contributed by atoms with Crippen LogP contribution in [-0.4, -0.2) is 24.9 Å². The van der Waals surface area contributed by atoms with Gasteiger partial charge in [0.05, 0.1) is 5.56 Å². The van der Waals surface area contributed by atoms with E-state index in [1.165, 1.54) is 18.5 Å². The van der Waals surface area contributed by atoms with Crippen molar-refractivity contribution in [2.45, 2.75) is 55.5 Å². The van der Waals surface area contributed by atoms with Crippen LogP contribution in [0.3, 0.4) is 0 Å². The second-order valence-corrected chi connectivity index (χ2v) is 8.27. The van der Waals surface area contributed by atoms with E-state index < -0.39 is 11.7 Å². The molecule has 0 amide bonds. The summed E-state index contributed by atoms with van der Waals surface area (Å²) in [5.41, 5.74) is -0.856. The zero-order chi connectivity index (χ0) is 20.3. The molecule has 0 N–H and O–H groups in total. The van der Waals surface area contributed by atoms with E-state index in [4.69, 9.17) is 4.52 Å². The number of rotatable bonds is 3. The van der Waals surface area contributed by atoms with E-state index in [9.17, 15) is 13.2 Å². The number of alkyl halides is 3. The number of aromatic nitrogens is 5. The average molecular weight is 403 g/mol. The molecule has 0 radical (unpaired) electrons.